The summed E-state index contributed by atoms with van der Waals surface area (Å²) >= 11 is 3.36. The van der Waals surface area contributed by atoms with Crippen molar-refractivity contribution < 1.29 is 9.53 Å². The van der Waals surface area contributed by atoms with Gasteiger partial charge in [-0.3, -0.25) is 4.98 Å². The molecular formula is C18H16N2O2S2. The standard InChI is InChI=1S/C18H16N2O2S2/c1-13-20-16(11-23-13)12-24-17-7-5-14(6-8-17)18(21)22-10-15-4-2-3-9-19-15/h2-9,11H,10,12H2,1H3. The number of hydrogen-bond donors (Lipinski definition) is 0. The third-order valence-corrected chi connectivity index (χ3v) is 5.09. The third kappa shape index (κ3) is 4.66. The van der Waals surface area contributed by atoms with Crippen LogP contribution in [0, 0.1) is 6.92 Å². The highest BCUT2D eigenvalue weighted by Crippen LogP contribution is 2.24. The molecule has 0 spiro atoms. The van der Waals surface area contributed by atoms with Gasteiger partial charge >= 0.3 is 5.97 Å². The Hall–Kier alpha value is -2.18. The molecule has 0 aliphatic carbocycles. The van der Waals surface area contributed by atoms with Gasteiger partial charge in [-0.1, -0.05) is 6.07 Å². The molecule has 0 aliphatic heterocycles. The van der Waals surface area contributed by atoms with Crippen LogP contribution >= 0.6 is 23.1 Å². The predicted molar refractivity (Wildman–Crippen MR) is 96.2 cm³/mol. The number of pyridine rings is 1. The predicted octanol–water partition coefficient (Wildman–Crippen LogP) is 4.50. The third-order valence-electron chi connectivity index (χ3n) is 3.22. The number of rotatable bonds is 6. The number of thiazole rings is 1. The number of hydrogen-bond acceptors (Lipinski definition) is 6. The molecule has 0 unspecified atom stereocenters. The highest BCUT2D eigenvalue weighted by molar-refractivity contribution is 7.98. The zero-order valence-electron chi connectivity index (χ0n) is 13.1. The summed E-state index contributed by atoms with van der Waals surface area (Å²) in [6.45, 7) is 2.18. The van der Waals surface area contributed by atoms with Crippen LogP contribution in [0.25, 0.3) is 0 Å². The number of ether oxygens (including phenoxy) is 1. The fourth-order valence-electron chi connectivity index (χ4n) is 2.03. The second kappa shape index (κ2) is 8.08. The van der Waals surface area contributed by atoms with Gasteiger partial charge in [-0.25, -0.2) is 9.78 Å². The Kier molecular flexibility index (Phi) is 5.61. The molecule has 0 aliphatic rings. The number of nitrogens with zero attached hydrogens (tertiary/aromatic N) is 2. The van der Waals surface area contributed by atoms with Gasteiger partial charge in [-0.15, -0.1) is 23.1 Å². The lowest BCUT2D eigenvalue weighted by Gasteiger charge is -2.05. The van der Waals surface area contributed by atoms with E-state index >= 15 is 0 Å². The van der Waals surface area contributed by atoms with Gasteiger partial charge in [0.15, 0.2) is 0 Å². The molecule has 0 N–H and O–H groups in total. The van der Waals surface area contributed by atoms with Gasteiger partial charge in [0, 0.05) is 22.2 Å². The Morgan fingerprint density at radius 1 is 1.17 bits per heavy atom. The highest BCUT2D eigenvalue weighted by Gasteiger charge is 2.08. The van der Waals surface area contributed by atoms with Crippen LogP contribution in [0.3, 0.4) is 0 Å². The normalized spacial score (nSPS) is 10.5. The highest BCUT2D eigenvalue weighted by atomic mass is 32.2. The average molecular weight is 356 g/mol. The molecule has 3 rings (SSSR count). The SMILES string of the molecule is Cc1nc(CSc2ccc(C(=O)OCc3ccccn3)cc2)cs1. The molecule has 0 saturated heterocycles. The molecule has 0 atom stereocenters. The van der Waals surface area contributed by atoms with Crippen molar-refractivity contribution in [3.8, 4) is 0 Å². The summed E-state index contributed by atoms with van der Waals surface area (Å²) in [5, 5.41) is 3.16. The van der Waals surface area contributed by atoms with E-state index < -0.39 is 0 Å². The van der Waals surface area contributed by atoms with E-state index in [0.29, 0.717) is 5.56 Å². The number of carbonyl (C=O) groups excluding carboxylic acids is 1. The van der Waals surface area contributed by atoms with E-state index in [1.54, 1.807) is 41.4 Å². The minimum absolute atomic E-state index is 0.180. The van der Waals surface area contributed by atoms with Crippen molar-refractivity contribution in [1.29, 1.82) is 0 Å². The smallest absolute Gasteiger partial charge is 0.338 e. The fourth-order valence-corrected chi connectivity index (χ4v) is 3.53. The first-order chi connectivity index (χ1) is 11.7. The summed E-state index contributed by atoms with van der Waals surface area (Å²) in [5.74, 6) is 0.487. The number of esters is 1. The van der Waals surface area contributed by atoms with Crippen molar-refractivity contribution in [1.82, 2.24) is 9.97 Å². The van der Waals surface area contributed by atoms with Crippen LogP contribution in [-0.4, -0.2) is 15.9 Å². The quantitative estimate of drug-likeness (QED) is 0.481. The lowest BCUT2D eigenvalue weighted by molar-refractivity contribution is 0.0467. The number of benzene rings is 1. The second-order valence-electron chi connectivity index (χ2n) is 5.07. The average Bonchev–Trinajstić information content (AvgIpc) is 3.04. The molecule has 4 nitrogen and oxygen atoms in total. The van der Waals surface area contributed by atoms with Crippen LogP contribution in [0.5, 0.6) is 0 Å². The minimum atomic E-state index is -0.340. The van der Waals surface area contributed by atoms with E-state index in [1.807, 2.05) is 37.3 Å². The first-order valence-corrected chi connectivity index (χ1v) is 9.28. The van der Waals surface area contributed by atoms with Crippen LogP contribution in [0.1, 0.15) is 26.8 Å². The van der Waals surface area contributed by atoms with E-state index in [4.69, 9.17) is 4.74 Å². The van der Waals surface area contributed by atoms with Crippen LogP contribution < -0.4 is 0 Å². The van der Waals surface area contributed by atoms with Crippen LogP contribution in [0.2, 0.25) is 0 Å². The van der Waals surface area contributed by atoms with Crippen molar-refractivity contribution in [2.45, 2.75) is 24.2 Å². The second-order valence-corrected chi connectivity index (χ2v) is 7.18. The number of aryl methyl sites for hydroxylation is 1. The van der Waals surface area contributed by atoms with E-state index in [2.05, 4.69) is 15.3 Å². The lowest BCUT2D eigenvalue weighted by Crippen LogP contribution is -2.05. The van der Waals surface area contributed by atoms with Crippen LogP contribution in [-0.2, 0) is 17.1 Å². The first kappa shape index (κ1) is 16.7. The van der Waals surface area contributed by atoms with Crippen LogP contribution in [0.4, 0.5) is 0 Å². The fraction of sp³-hybridized carbons (Fsp3) is 0.167. The molecule has 0 radical (unpaired) electrons. The summed E-state index contributed by atoms with van der Waals surface area (Å²) < 4.78 is 5.27. The van der Waals surface area contributed by atoms with Crippen molar-refractivity contribution in [3.05, 3.63) is 76.0 Å². The summed E-state index contributed by atoms with van der Waals surface area (Å²) in [7, 11) is 0. The molecule has 6 heteroatoms. The molecule has 1 aromatic carbocycles. The Bertz CT molecular complexity index is 801. The van der Waals surface area contributed by atoms with Gasteiger partial charge < -0.3 is 4.74 Å². The maximum absolute atomic E-state index is 12.0. The van der Waals surface area contributed by atoms with E-state index in [0.717, 1.165) is 27.0 Å². The molecular weight excluding hydrogens is 340 g/mol. The van der Waals surface area contributed by atoms with Gasteiger partial charge in [0.25, 0.3) is 0 Å². The number of thioether (sulfide) groups is 1. The molecule has 3 aromatic rings. The number of aromatic nitrogens is 2. The number of carbonyl (C=O) groups is 1. The molecule has 2 heterocycles. The molecule has 0 bridgehead atoms. The molecule has 0 amide bonds. The maximum Gasteiger partial charge on any atom is 0.338 e. The van der Waals surface area contributed by atoms with Crippen LogP contribution in [0.15, 0.2) is 58.9 Å². The summed E-state index contributed by atoms with van der Waals surface area (Å²) in [6, 6.07) is 13.0. The maximum atomic E-state index is 12.0. The Morgan fingerprint density at radius 2 is 2.00 bits per heavy atom. The van der Waals surface area contributed by atoms with Gasteiger partial charge in [0.2, 0.25) is 0 Å². The topological polar surface area (TPSA) is 52.1 Å². The molecule has 24 heavy (non-hydrogen) atoms. The monoisotopic (exact) mass is 356 g/mol. The molecule has 2 aromatic heterocycles. The molecule has 0 saturated carbocycles. The van der Waals surface area contributed by atoms with E-state index in [9.17, 15) is 4.79 Å². The Labute approximate surface area is 148 Å². The largest absolute Gasteiger partial charge is 0.456 e. The van der Waals surface area contributed by atoms with Gasteiger partial charge in [0.05, 0.1) is 22.0 Å². The van der Waals surface area contributed by atoms with Crippen molar-refractivity contribution in [2.75, 3.05) is 0 Å². The lowest BCUT2D eigenvalue weighted by atomic mass is 10.2. The molecule has 122 valence electrons. The van der Waals surface area contributed by atoms with E-state index in [-0.39, 0.29) is 12.6 Å². The van der Waals surface area contributed by atoms with Gasteiger partial charge in [0.1, 0.15) is 6.61 Å². The summed E-state index contributed by atoms with van der Waals surface area (Å²) in [6.07, 6.45) is 1.68. The van der Waals surface area contributed by atoms with Crippen molar-refractivity contribution >= 4 is 29.1 Å². The first-order valence-electron chi connectivity index (χ1n) is 7.41. The van der Waals surface area contributed by atoms with E-state index in [1.165, 1.54) is 0 Å². The zero-order chi connectivity index (χ0) is 16.8. The Balaban J connectivity index is 1.52. The zero-order valence-corrected chi connectivity index (χ0v) is 14.8. The van der Waals surface area contributed by atoms with Crippen molar-refractivity contribution in [3.63, 3.8) is 0 Å². The van der Waals surface area contributed by atoms with Gasteiger partial charge in [-0.2, -0.15) is 0 Å². The minimum Gasteiger partial charge on any atom is -0.456 e. The van der Waals surface area contributed by atoms with Gasteiger partial charge in [-0.05, 0) is 43.3 Å². The molecule has 0 fully saturated rings. The summed E-state index contributed by atoms with van der Waals surface area (Å²) in [4.78, 5) is 21.7. The summed E-state index contributed by atoms with van der Waals surface area (Å²) in [5.41, 5.74) is 2.36. The Morgan fingerprint density at radius 3 is 2.67 bits per heavy atom. The van der Waals surface area contributed by atoms with Crippen molar-refractivity contribution in [2.24, 2.45) is 0 Å².